The molecule has 0 fully saturated rings. The average molecular weight is 544 g/mol. The topological polar surface area (TPSA) is 26.0 Å². The first-order valence-corrected chi connectivity index (χ1v) is 15.3. The molecule has 0 saturated carbocycles. The molecule has 2 heterocycles. The molecule has 6 rings (SSSR count). The normalized spacial score (nSPS) is 14.7. The van der Waals surface area contributed by atoms with Crippen LogP contribution in [0.1, 0.15) is 102 Å². The third kappa shape index (κ3) is 4.60. The van der Waals surface area contributed by atoms with Gasteiger partial charge in [-0.25, -0.2) is 0 Å². The summed E-state index contributed by atoms with van der Waals surface area (Å²) in [5, 5.41) is 2.35. The lowest BCUT2D eigenvalue weighted by molar-refractivity contribution is 0.214. The Labute approximate surface area is 246 Å². The van der Waals surface area contributed by atoms with Crippen LogP contribution in [0.2, 0.25) is 0 Å². The fourth-order valence-electron chi connectivity index (χ4n) is 7.75. The van der Waals surface area contributed by atoms with Gasteiger partial charge < -0.3 is 4.42 Å². The van der Waals surface area contributed by atoms with Crippen molar-refractivity contribution in [3.63, 3.8) is 0 Å². The molecule has 5 aromatic rings. The zero-order valence-corrected chi connectivity index (χ0v) is 26.6. The van der Waals surface area contributed by atoms with E-state index < -0.39 is 0 Å². The van der Waals surface area contributed by atoms with Crippen LogP contribution in [0.4, 0.5) is 0 Å². The van der Waals surface area contributed by atoms with Crippen LogP contribution >= 0.6 is 0 Å². The van der Waals surface area contributed by atoms with Gasteiger partial charge in [0.05, 0.1) is 5.69 Å². The fraction of sp³-hybridized carbons (Fsp3) is 0.410. The van der Waals surface area contributed by atoms with Gasteiger partial charge in [0.15, 0.2) is 0 Å². The van der Waals surface area contributed by atoms with Crippen molar-refractivity contribution in [2.45, 2.75) is 93.4 Å². The van der Waals surface area contributed by atoms with E-state index in [4.69, 9.17) is 9.40 Å². The quantitative estimate of drug-likeness (QED) is 0.225. The van der Waals surface area contributed by atoms with Crippen LogP contribution in [-0.2, 0) is 5.41 Å². The molecule has 41 heavy (non-hydrogen) atoms. The minimum atomic E-state index is -0.0704. The van der Waals surface area contributed by atoms with Crippen LogP contribution in [0.25, 0.3) is 44.3 Å². The highest BCUT2D eigenvalue weighted by atomic mass is 16.3. The van der Waals surface area contributed by atoms with E-state index in [1.807, 2.05) is 6.20 Å². The molecule has 0 radical (unpaired) electrons. The summed E-state index contributed by atoms with van der Waals surface area (Å²) in [5.74, 6) is 0.439. The Bertz CT molecular complexity index is 1790. The molecule has 0 saturated heterocycles. The Balaban J connectivity index is 1.66. The third-order valence-corrected chi connectivity index (χ3v) is 8.92. The summed E-state index contributed by atoms with van der Waals surface area (Å²) in [6.45, 7) is 23.1. The average Bonchev–Trinajstić information content (AvgIpc) is 3.34. The molecule has 0 spiro atoms. The Hall–Kier alpha value is -3.39. The van der Waals surface area contributed by atoms with Crippen molar-refractivity contribution in [3.8, 4) is 22.4 Å². The second-order valence-corrected chi connectivity index (χ2v) is 15.3. The molecule has 212 valence electrons. The summed E-state index contributed by atoms with van der Waals surface area (Å²) in [7, 11) is 0. The fourth-order valence-corrected chi connectivity index (χ4v) is 7.75. The van der Waals surface area contributed by atoms with Crippen molar-refractivity contribution in [1.82, 2.24) is 4.98 Å². The van der Waals surface area contributed by atoms with Gasteiger partial charge >= 0.3 is 0 Å². The zero-order valence-electron chi connectivity index (χ0n) is 26.6. The van der Waals surface area contributed by atoms with Crippen LogP contribution in [0, 0.1) is 24.7 Å². The summed E-state index contributed by atoms with van der Waals surface area (Å²) in [4.78, 5) is 4.91. The molecule has 0 aliphatic heterocycles. The van der Waals surface area contributed by atoms with Gasteiger partial charge in [0.2, 0.25) is 0 Å². The van der Waals surface area contributed by atoms with Gasteiger partial charge in [-0.05, 0) is 101 Å². The van der Waals surface area contributed by atoms with Gasteiger partial charge in [0, 0.05) is 27.9 Å². The Morgan fingerprint density at radius 3 is 2.10 bits per heavy atom. The lowest BCUT2D eigenvalue weighted by Crippen LogP contribution is -2.35. The number of hydrogen-bond acceptors (Lipinski definition) is 2. The minimum Gasteiger partial charge on any atom is -0.455 e. The van der Waals surface area contributed by atoms with Crippen LogP contribution in [0.5, 0.6) is 0 Å². The van der Waals surface area contributed by atoms with E-state index in [2.05, 4.69) is 124 Å². The van der Waals surface area contributed by atoms with Crippen LogP contribution in [0.3, 0.4) is 0 Å². The molecule has 2 heteroatoms. The maximum Gasteiger partial charge on any atom is 0.145 e. The molecule has 0 unspecified atom stereocenters. The van der Waals surface area contributed by atoms with Crippen molar-refractivity contribution in [3.05, 3.63) is 88.6 Å². The minimum absolute atomic E-state index is 0.0704. The van der Waals surface area contributed by atoms with E-state index in [-0.39, 0.29) is 16.2 Å². The van der Waals surface area contributed by atoms with E-state index in [1.165, 1.54) is 49.7 Å². The Morgan fingerprint density at radius 2 is 1.44 bits per heavy atom. The molecular formula is C39H45NO. The van der Waals surface area contributed by atoms with Crippen molar-refractivity contribution in [1.29, 1.82) is 0 Å². The number of furan rings is 1. The van der Waals surface area contributed by atoms with Crippen molar-refractivity contribution >= 4 is 21.9 Å². The lowest BCUT2D eigenvalue weighted by atomic mass is 9.62. The van der Waals surface area contributed by atoms with Gasteiger partial charge in [-0.1, -0.05) is 91.8 Å². The molecule has 1 aliphatic carbocycles. The SMILES string of the molecule is Cc1cnc(-c2c(C)ccc3c2oc2cc4c(cc23)-c2ccccc2C4(CC(C)(C)C)CC(C)(C)C)cc1C(C)C. The number of nitrogens with zero attached hydrogens (tertiary/aromatic N) is 1. The van der Waals surface area contributed by atoms with Crippen LogP contribution in [0.15, 0.2) is 65.2 Å². The predicted molar refractivity (Wildman–Crippen MR) is 175 cm³/mol. The van der Waals surface area contributed by atoms with E-state index >= 15 is 0 Å². The highest BCUT2D eigenvalue weighted by Gasteiger charge is 2.47. The molecule has 0 atom stereocenters. The maximum absolute atomic E-state index is 6.89. The monoisotopic (exact) mass is 543 g/mol. The highest BCUT2D eigenvalue weighted by molar-refractivity contribution is 6.12. The van der Waals surface area contributed by atoms with Crippen LogP contribution < -0.4 is 0 Å². The molecule has 1 aliphatic rings. The number of hydrogen-bond donors (Lipinski definition) is 0. The van der Waals surface area contributed by atoms with Crippen LogP contribution in [-0.4, -0.2) is 4.98 Å². The number of pyridine rings is 1. The van der Waals surface area contributed by atoms with Gasteiger partial charge in [-0.15, -0.1) is 0 Å². The molecule has 2 nitrogen and oxygen atoms in total. The van der Waals surface area contributed by atoms with Gasteiger partial charge in [0.1, 0.15) is 11.2 Å². The predicted octanol–water partition coefficient (Wildman–Crippen LogP) is 11.5. The number of aromatic nitrogens is 1. The molecule has 2 aromatic heterocycles. The largest absolute Gasteiger partial charge is 0.455 e. The van der Waals surface area contributed by atoms with E-state index in [0.717, 1.165) is 35.3 Å². The number of aryl methyl sites for hydroxylation is 2. The first-order chi connectivity index (χ1) is 19.2. The first kappa shape index (κ1) is 27.8. The summed E-state index contributed by atoms with van der Waals surface area (Å²) >= 11 is 0. The molecule has 0 amide bonds. The van der Waals surface area contributed by atoms with Crippen molar-refractivity contribution in [2.75, 3.05) is 0 Å². The van der Waals surface area contributed by atoms with Gasteiger partial charge in [-0.3, -0.25) is 4.98 Å². The smallest absolute Gasteiger partial charge is 0.145 e. The van der Waals surface area contributed by atoms with Gasteiger partial charge in [-0.2, -0.15) is 0 Å². The van der Waals surface area contributed by atoms with E-state index in [9.17, 15) is 0 Å². The summed E-state index contributed by atoms with van der Waals surface area (Å²) in [6.07, 6.45) is 4.19. The third-order valence-electron chi connectivity index (χ3n) is 8.92. The molecule has 3 aromatic carbocycles. The molecule has 0 N–H and O–H groups in total. The Kier molecular flexibility index (Phi) is 6.31. The molecule has 0 bridgehead atoms. The standard InChI is InChI=1S/C39H45NO/c1-23(2)28-18-33(40-20-25(28)4)35-24(3)15-16-27-30-17-29-26-13-11-12-14-31(26)39(21-37(5,6)7,22-38(8,9)10)32(29)19-34(30)41-36(27)35/h11-20,23H,21-22H2,1-10H3. The summed E-state index contributed by atoms with van der Waals surface area (Å²) in [6, 6.07) is 20.7. The summed E-state index contributed by atoms with van der Waals surface area (Å²) < 4.78 is 6.89. The second-order valence-electron chi connectivity index (χ2n) is 15.3. The first-order valence-electron chi connectivity index (χ1n) is 15.3. The number of rotatable bonds is 4. The van der Waals surface area contributed by atoms with E-state index in [1.54, 1.807) is 0 Å². The lowest BCUT2D eigenvalue weighted by Gasteiger charge is -2.42. The zero-order chi connectivity index (χ0) is 29.5. The summed E-state index contributed by atoms with van der Waals surface area (Å²) in [5.41, 5.74) is 13.7. The van der Waals surface area contributed by atoms with Crippen molar-refractivity contribution in [2.24, 2.45) is 10.8 Å². The second kappa shape index (κ2) is 9.31. The van der Waals surface area contributed by atoms with Gasteiger partial charge in [0.25, 0.3) is 0 Å². The molecular weight excluding hydrogens is 498 g/mol. The number of fused-ring (bicyclic) bond motifs is 6. The van der Waals surface area contributed by atoms with Crippen molar-refractivity contribution < 1.29 is 4.42 Å². The van der Waals surface area contributed by atoms with E-state index in [0.29, 0.717) is 5.92 Å². The Morgan fingerprint density at radius 1 is 0.756 bits per heavy atom. The number of benzene rings is 3. The highest BCUT2D eigenvalue weighted by Crippen LogP contribution is 2.59. The maximum atomic E-state index is 6.89.